The van der Waals surface area contributed by atoms with Gasteiger partial charge >= 0.3 is 0 Å². The molecule has 4 aromatic heterocycles. The fourth-order valence-electron chi connectivity index (χ4n) is 4.46. The molecule has 0 unspecified atom stereocenters. The van der Waals surface area contributed by atoms with Crippen LogP contribution in [-0.2, 0) is 29.0 Å². The quantitative estimate of drug-likeness (QED) is 0.239. The lowest BCUT2D eigenvalue weighted by Crippen LogP contribution is -2.24. The third-order valence-electron chi connectivity index (χ3n) is 6.47. The number of hydrogen-bond donors (Lipinski definition) is 3. The summed E-state index contributed by atoms with van der Waals surface area (Å²) in [6.45, 7) is 1.52. The Kier molecular flexibility index (Phi) is 7.74. The number of rotatable bonds is 10. The van der Waals surface area contributed by atoms with Crippen molar-refractivity contribution in [3.05, 3.63) is 94.7 Å². The predicted molar refractivity (Wildman–Crippen MR) is 150 cm³/mol. The number of carbonyl (C=O) groups excluding carboxylic acids is 1. The van der Waals surface area contributed by atoms with Crippen LogP contribution in [0.5, 0.6) is 0 Å². The van der Waals surface area contributed by atoms with E-state index >= 15 is 0 Å². The zero-order valence-electron chi connectivity index (χ0n) is 21.6. The number of hydrogen-bond acceptors (Lipinski definition) is 7. The van der Waals surface area contributed by atoms with Gasteiger partial charge in [-0.05, 0) is 41.8 Å². The van der Waals surface area contributed by atoms with Crippen molar-refractivity contribution in [2.24, 2.45) is 0 Å². The number of H-pyrrole nitrogens is 1. The SMILES string of the molecule is COCCCn1c(N)c(-c2ncc[nH]2)c(=O)c2ccc(-c3ccc(CC(=O)NCc4ccncc4)cc3)nc21. The molecule has 0 saturated carbocycles. The standard InChI is InChI=1S/C29H29N7O3/c1-39-16-2-15-36-27(30)25(28-32-13-14-33-28)26(38)22-7-8-23(35-29(22)36)21-5-3-19(4-6-21)17-24(37)34-18-20-9-11-31-12-10-20/h3-14H,2,15-18,30H2,1H3,(H,32,33)(H,34,37). The van der Waals surface area contributed by atoms with Gasteiger partial charge in [-0.25, -0.2) is 9.97 Å². The molecule has 4 N–H and O–H groups in total. The van der Waals surface area contributed by atoms with E-state index in [-0.39, 0.29) is 17.8 Å². The van der Waals surface area contributed by atoms with Crippen LogP contribution in [0.4, 0.5) is 5.82 Å². The van der Waals surface area contributed by atoms with E-state index < -0.39 is 0 Å². The summed E-state index contributed by atoms with van der Waals surface area (Å²) < 4.78 is 7.07. The van der Waals surface area contributed by atoms with Gasteiger partial charge in [-0.15, -0.1) is 0 Å². The number of nitrogens with one attached hydrogen (secondary N) is 2. The van der Waals surface area contributed by atoms with Crippen molar-refractivity contribution in [3.8, 4) is 22.6 Å². The Hall–Kier alpha value is -4.83. The molecule has 0 aliphatic heterocycles. The zero-order chi connectivity index (χ0) is 27.2. The summed E-state index contributed by atoms with van der Waals surface area (Å²) in [7, 11) is 1.64. The van der Waals surface area contributed by atoms with E-state index in [0.717, 1.165) is 16.7 Å². The second-order valence-corrected chi connectivity index (χ2v) is 9.10. The number of ether oxygens (including phenoxy) is 1. The molecule has 1 aromatic carbocycles. The molecule has 4 heterocycles. The minimum Gasteiger partial charge on any atom is -0.385 e. The summed E-state index contributed by atoms with van der Waals surface area (Å²) in [6.07, 6.45) is 7.60. The smallest absolute Gasteiger partial charge is 0.224 e. The summed E-state index contributed by atoms with van der Waals surface area (Å²) >= 11 is 0. The Labute approximate surface area is 224 Å². The molecule has 0 spiro atoms. The molecule has 39 heavy (non-hydrogen) atoms. The highest BCUT2D eigenvalue weighted by Crippen LogP contribution is 2.27. The van der Waals surface area contributed by atoms with Gasteiger partial charge in [0.1, 0.15) is 22.9 Å². The fourth-order valence-corrected chi connectivity index (χ4v) is 4.46. The largest absolute Gasteiger partial charge is 0.385 e. The van der Waals surface area contributed by atoms with Crippen LogP contribution in [0.3, 0.4) is 0 Å². The number of methoxy groups -OCH3 is 1. The maximum absolute atomic E-state index is 13.4. The average Bonchev–Trinajstić information content (AvgIpc) is 3.49. The van der Waals surface area contributed by atoms with E-state index in [0.29, 0.717) is 60.1 Å². The Bertz CT molecular complexity index is 1630. The molecule has 0 bridgehead atoms. The van der Waals surface area contributed by atoms with Gasteiger partial charge in [0.15, 0.2) is 0 Å². The van der Waals surface area contributed by atoms with Crippen LogP contribution in [-0.4, -0.2) is 44.1 Å². The number of nitrogens with two attached hydrogens (primary N) is 1. The number of nitrogen functional groups attached to an aromatic ring is 1. The molecule has 5 rings (SSSR count). The molecule has 0 aliphatic rings. The molecular formula is C29H29N7O3. The predicted octanol–water partition coefficient (Wildman–Crippen LogP) is 3.33. The molecule has 0 atom stereocenters. The number of pyridine rings is 3. The lowest BCUT2D eigenvalue weighted by atomic mass is 10.1. The lowest BCUT2D eigenvalue weighted by Gasteiger charge is -2.17. The Balaban J connectivity index is 1.41. The number of benzene rings is 1. The van der Waals surface area contributed by atoms with Gasteiger partial charge in [0.25, 0.3) is 0 Å². The van der Waals surface area contributed by atoms with Gasteiger partial charge in [0.2, 0.25) is 11.3 Å². The van der Waals surface area contributed by atoms with E-state index in [1.54, 1.807) is 38.0 Å². The Morgan fingerprint density at radius 1 is 1.05 bits per heavy atom. The van der Waals surface area contributed by atoms with E-state index in [1.165, 1.54) is 0 Å². The average molecular weight is 524 g/mol. The molecule has 0 fully saturated rings. The molecule has 0 radical (unpaired) electrons. The highest BCUT2D eigenvalue weighted by molar-refractivity contribution is 5.87. The van der Waals surface area contributed by atoms with Crippen molar-refractivity contribution in [1.29, 1.82) is 0 Å². The molecule has 1 amide bonds. The van der Waals surface area contributed by atoms with E-state index in [4.69, 9.17) is 15.5 Å². The number of amides is 1. The number of aromatic nitrogens is 5. The van der Waals surface area contributed by atoms with Crippen molar-refractivity contribution in [2.75, 3.05) is 19.5 Å². The monoisotopic (exact) mass is 523 g/mol. The van der Waals surface area contributed by atoms with Crippen molar-refractivity contribution in [2.45, 2.75) is 25.9 Å². The zero-order valence-corrected chi connectivity index (χ0v) is 21.6. The molecule has 0 aliphatic carbocycles. The van der Waals surface area contributed by atoms with Gasteiger partial charge < -0.3 is 25.3 Å². The highest BCUT2D eigenvalue weighted by atomic mass is 16.5. The van der Waals surface area contributed by atoms with Gasteiger partial charge in [-0.2, -0.15) is 0 Å². The van der Waals surface area contributed by atoms with Crippen molar-refractivity contribution >= 4 is 22.8 Å². The number of nitrogens with zero attached hydrogens (tertiary/aromatic N) is 4. The molecule has 5 aromatic rings. The molecular weight excluding hydrogens is 494 g/mol. The molecule has 0 saturated heterocycles. The normalized spacial score (nSPS) is 11.1. The first-order valence-corrected chi connectivity index (χ1v) is 12.6. The van der Waals surface area contributed by atoms with Crippen LogP contribution in [0.15, 0.2) is 78.1 Å². The summed E-state index contributed by atoms with van der Waals surface area (Å²) in [6, 6.07) is 15.0. The van der Waals surface area contributed by atoms with Crippen molar-refractivity contribution < 1.29 is 9.53 Å². The fraction of sp³-hybridized carbons (Fsp3) is 0.207. The topological polar surface area (TPSA) is 141 Å². The van der Waals surface area contributed by atoms with Gasteiger partial charge in [-0.1, -0.05) is 24.3 Å². The molecule has 10 heteroatoms. The van der Waals surface area contributed by atoms with Crippen LogP contribution < -0.4 is 16.5 Å². The lowest BCUT2D eigenvalue weighted by molar-refractivity contribution is -0.120. The van der Waals surface area contributed by atoms with Crippen LogP contribution in [0.1, 0.15) is 17.5 Å². The van der Waals surface area contributed by atoms with Gasteiger partial charge in [-0.3, -0.25) is 14.6 Å². The Morgan fingerprint density at radius 2 is 1.85 bits per heavy atom. The number of carbonyl (C=O) groups is 1. The second kappa shape index (κ2) is 11.7. The second-order valence-electron chi connectivity index (χ2n) is 9.10. The first kappa shape index (κ1) is 25.8. The number of imidazole rings is 1. The summed E-state index contributed by atoms with van der Waals surface area (Å²) in [5.74, 6) is 0.659. The summed E-state index contributed by atoms with van der Waals surface area (Å²) in [5, 5.41) is 3.38. The number of aromatic amines is 1. The van der Waals surface area contributed by atoms with E-state index in [1.807, 2.05) is 47.0 Å². The van der Waals surface area contributed by atoms with Crippen LogP contribution in [0.25, 0.3) is 33.7 Å². The first-order valence-electron chi connectivity index (χ1n) is 12.6. The summed E-state index contributed by atoms with van der Waals surface area (Å²) in [4.78, 5) is 41.9. The minimum atomic E-state index is -0.229. The number of aryl methyl sites for hydroxylation is 1. The third kappa shape index (κ3) is 5.70. The van der Waals surface area contributed by atoms with E-state index in [9.17, 15) is 9.59 Å². The minimum absolute atomic E-state index is 0.0636. The maximum Gasteiger partial charge on any atom is 0.224 e. The van der Waals surface area contributed by atoms with Gasteiger partial charge in [0, 0.05) is 57.2 Å². The Morgan fingerprint density at radius 3 is 2.56 bits per heavy atom. The van der Waals surface area contributed by atoms with E-state index in [2.05, 4.69) is 20.3 Å². The summed E-state index contributed by atoms with van der Waals surface area (Å²) in [5.41, 5.74) is 10.6. The highest BCUT2D eigenvalue weighted by Gasteiger charge is 2.19. The van der Waals surface area contributed by atoms with Crippen LogP contribution in [0, 0.1) is 0 Å². The third-order valence-corrected chi connectivity index (χ3v) is 6.47. The maximum atomic E-state index is 13.4. The van der Waals surface area contributed by atoms with Gasteiger partial charge in [0.05, 0.1) is 17.5 Å². The van der Waals surface area contributed by atoms with Crippen molar-refractivity contribution in [1.82, 2.24) is 29.8 Å². The van der Waals surface area contributed by atoms with Crippen LogP contribution in [0.2, 0.25) is 0 Å². The van der Waals surface area contributed by atoms with Crippen molar-refractivity contribution in [3.63, 3.8) is 0 Å². The van der Waals surface area contributed by atoms with Crippen LogP contribution >= 0.6 is 0 Å². The first-order chi connectivity index (χ1) is 19.0. The number of anilines is 1. The number of fused-ring (bicyclic) bond motifs is 1. The molecule has 10 nitrogen and oxygen atoms in total. The molecule has 198 valence electrons.